The molecule has 0 saturated heterocycles. The maximum atomic E-state index is 12.2. The van der Waals surface area contributed by atoms with Crippen molar-refractivity contribution in [3.05, 3.63) is 46.2 Å². The first kappa shape index (κ1) is 11.4. The summed E-state index contributed by atoms with van der Waals surface area (Å²) in [6, 6.07) is 11.8. The Kier molecular flexibility index (Phi) is 3.24. The first-order chi connectivity index (χ1) is 8.27. The molecule has 1 heterocycles. The van der Waals surface area contributed by atoms with Crippen LogP contribution >= 0.6 is 0 Å². The summed E-state index contributed by atoms with van der Waals surface area (Å²) in [7, 11) is 0. The van der Waals surface area contributed by atoms with E-state index in [1.54, 1.807) is 4.57 Å². The minimum Gasteiger partial charge on any atom is -0.308 e. The Bertz CT molecular complexity index is 635. The highest BCUT2D eigenvalue weighted by molar-refractivity contribution is 5.79. The molecule has 3 nitrogen and oxygen atoms in total. The van der Waals surface area contributed by atoms with Crippen LogP contribution < -0.4 is 5.56 Å². The molecule has 17 heavy (non-hydrogen) atoms. The number of benzene rings is 1. The molecule has 1 aromatic carbocycles. The molecular weight excluding hydrogens is 212 g/mol. The second kappa shape index (κ2) is 4.84. The summed E-state index contributed by atoms with van der Waals surface area (Å²) in [4.78, 5) is 12.2. The van der Waals surface area contributed by atoms with Gasteiger partial charge in [-0.25, -0.2) is 0 Å². The summed E-state index contributed by atoms with van der Waals surface area (Å²) in [5.74, 6) is 0. The molecular formula is C14H14N2O. The van der Waals surface area contributed by atoms with Crippen LogP contribution in [0.25, 0.3) is 10.9 Å². The van der Waals surface area contributed by atoms with Gasteiger partial charge in [0.05, 0.1) is 11.6 Å². The summed E-state index contributed by atoms with van der Waals surface area (Å²) in [6.07, 6.45) is 0.914. The molecule has 2 rings (SSSR count). The average Bonchev–Trinajstić information content (AvgIpc) is 2.36. The summed E-state index contributed by atoms with van der Waals surface area (Å²) >= 11 is 0. The minimum absolute atomic E-state index is 0.0291. The minimum atomic E-state index is 0.0291. The van der Waals surface area contributed by atoms with Crippen LogP contribution in [-0.4, -0.2) is 4.57 Å². The van der Waals surface area contributed by atoms with Crippen LogP contribution in [0.3, 0.4) is 0 Å². The lowest BCUT2D eigenvalue weighted by Gasteiger charge is -2.10. The van der Waals surface area contributed by atoms with Crippen LogP contribution in [0, 0.1) is 11.3 Å². The number of hydrogen-bond donors (Lipinski definition) is 0. The van der Waals surface area contributed by atoms with E-state index in [1.807, 2.05) is 37.3 Å². The molecule has 1 aromatic heterocycles. The van der Waals surface area contributed by atoms with Crippen molar-refractivity contribution in [1.82, 2.24) is 4.57 Å². The lowest BCUT2D eigenvalue weighted by molar-refractivity contribution is 0.745. The number of para-hydroxylation sites is 1. The zero-order valence-corrected chi connectivity index (χ0v) is 9.81. The van der Waals surface area contributed by atoms with E-state index in [9.17, 15) is 4.79 Å². The maximum Gasteiger partial charge on any atom is 0.254 e. The third-order valence-electron chi connectivity index (χ3n) is 2.90. The number of aryl methyl sites for hydroxylation is 2. The van der Waals surface area contributed by atoms with Crippen LogP contribution in [0.4, 0.5) is 0 Å². The maximum absolute atomic E-state index is 12.2. The first-order valence-corrected chi connectivity index (χ1v) is 5.76. The fourth-order valence-corrected chi connectivity index (χ4v) is 2.07. The van der Waals surface area contributed by atoms with E-state index in [2.05, 4.69) is 6.07 Å². The first-order valence-electron chi connectivity index (χ1n) is 5.76. The van der Waals surface area contributed by atoms with Crippen molar-refractivity contribution < 1.29 is 0 Å². The van der Waals surface area contributed by atoms with Crippen molar-refractivity contribution in [2.45, 2.75) is 26.3 Å². The highest BCUT2D eigenvalue weighted by atomic mass is 16.1. The van der Waals surface area contributed by atoms with Gasteiger partial charge in [-0.2, -0.15) is 5.26 Å². The van der Waals surface area contributed by atoms with E-state index in [4.69, 9.17) is 5.26 Å². The van der Waals surface area contributed by atoms with Crippen molar-refractivity contribution in [3.8, 4) is 6.07 Å². The number of rotatable bonds is 3. The van der Waals surface area contributed by atoms with Gasteiger partial charge in [0.25, 0.3) is 5.56 Å². The van der Waals surface area contributed by atoms with Gasteiger partial charge in [-0.15, -0.1) is 0 Å². The Hall–Kier alpha value is -2.08. The Morgan fingerprint density at radius 1 is 1.35 bits per heavy atom. The second-order valence-electron chi connectivity index (χ2n) is 3.94. The number of hydrogen-bond acceptors (Lipinski definition) is 2. The molecule has 0 amide bonds. The highest BCUT2D eigenvalue weighted by Gasteiger charge is 2.07. The zero-order valence-electron chi connectivity index (χ0n) is 9.81. The molecule has 0 saturated carbocycles. The van der Waals surface area contributed by atoms with E-state index in [1.165, 1.54) is 0 Å². The number of aromatic nitrogens is 1. The predicted molar refractivity (Wildman–Crippen MR) is 67.8 cm³/mol. The van der Waals surface area contributed by atoms with E-state index in [0.717, 1.165) is 16.5 Å². The molecule has 86 valence electrons. The molecule has 0 fully saturated rings. The van der Waals surface area contributed by atoms with Gasteiger partial charge in [-0.3, -0.25) is 4.79 Å². The third-order valence-corrected chi connectivity index (χ3v) is 2.90. The van der Waals surface area contributed by atoms with Gasteiger partial charge in [0, 0.05) is 18.5 Å². The van der Waals surface area contributed by atoms with Crippen LogP contribution in [0.1, 0.15) is 18.9 Å². The zero-order chi connectivity index (χ0) is 12.3. The van der Waals surface area contributed by atoms with Gasteiger partial charge < -0.3 is 4.57 Å². The quantitative estimate of drug-likeness (QED) is 0.807. The molecule has 0 aliphatic heterocycles. The smallest absolute Gasteiger partial charge is 0.254 e. The molecule has 0 aliphatic rings. The molecule has 3 heteroatoms. The molecule has 0 radical (unpaired) electrons. The van der Waals surface area contributed by atoms with Crippen LogP contribution in [0.2, 0.25) is 0 Å². The summed E-state index contributed by atoms with van der Waals surface area (Å²) in [5, 5.41) is 9.66. The van der Waals surface area contributed by atoms with Gasteiger partial charge in [-0.05, 0) is 30.9 Å². The fraction of sp³-hybridized carbons (Fsp3) is 0.286. The molecule has 0 spiro atoms. The van der Waals surface area contributed by atoms with E-state index in [0.29, 0.717) is 19.4 Å². The van der Waals surface area contributed by atoms with Crippen molar-refractivity contribution in [3.63, 3.8) is 0 Å². The SMILES string of the molecule is CCn1c(=O)c(CCC#N)cc2ccccc21. The Labute approximate surface area is 99.9 Å². The Balaban J connectivity index is 2.68. The standard InChI is InChI=1S/C14H14N2O/c1-2-16-13-8-4-3-6-11(13)10-12(14(16)17)7-5-9-15/h3-4,6,8,10H,2,5,7H2,1H3. The van der Waals surface area contributed by atoms with Crippen molar-refractivity contribution in [1.29, 1.82) is 5.26 Å². The molecule has 0 unspecified atom stereocenters. The van der Waals surface area contributed by atoms with E-state index >= 15 is 0 Å². The van der Waals surface area contributed by atoms with Crippen LogP contribution in [0.15, 0.2) is 35.1 Å². The van der Waals surface area contributed by atoms with Crippen LogP contribution in [-0.2, 0) is 13.0 Å². The van der Waals surface area contributed by atoms with Crippen molar-refractivity contribution in [2.24, 2.45) is 0 Å². The number of fused-ring (bicyclic) bond motifs is 1. The normalized spacial score (nSPS) is 10.4. The monoisotopic (exact) mass is 226 g/mol. The lowest BCUT2D eigenvalue weighted by atomic mass is 10.1. The average molecular weight is 226 g/mol. The summed E-state index contributed by atoms with van der Waals surface area (Å²) in [6.45, 7) is 2.61. The molecule has 0 aliphatic carbocycles. The highest BCUT2D eigenvalue weighted by Crippen LogP contribution is 2.14. The Morgan fingerprint density at radius 3 is 2.82 bits per heavy atom. The van der Waals surface area contributed by atoms with Gasteiger partial charge in [0.1, 0.15) is 0 Å². The Morgan fingerprint density at radius 2 is 2.12 bits per heavy atom. The summed E-state index contributed by atoms with van der Waals surface area (Å²) in [5.41, 5.74) is 1.72. The second-order valence-corrected chi connectivity index (χ2v) is 3.94. The number of nitrogens with zero attached hydrogens (tertiary/aromatic N) is 2. The van der Waals surface area contributed by atoms with Gasteiger partial charge in [0.2, 0.25) is 0 Å². The molecule has 0 atom stereocenters. The number of nitriles is 1. The largest absolute Gasteiger partial charge is 0.308 e. The third kappa shape index (κ3) is 2.07. The fourth-order valence-electron chi connectivity index (χ4n) is 2.07. The molecule has 0 N–H and O–H groups in total. The van der Waals surface area contributed by atoms with E-state index < -0.39 is 0 Å². The van der Waals surface area contributed by atoms with Crippen LogP contribution in [0.5, 0.6) is 0 Å². The predicted octanol–water partition coefficient (Wildman–Crippen LogP) is 2.48. The van der Waals surface area contributed by atoms with Gasteiger partial charge in [0.15, 0.2) is 0 Å². The topological polar surface area (TPSA) is 45.8 Å². The van der Waals surface area contributed by atoms with Gasteiger partial charge in [-0.1, -0.05) is 18.2 Å². The van der Waals surface area contributed by atoms with Crippen molar-refractivity contribution >= 4 is 10.9 Å². The van der Waals surface area contributed by atoms with Crippen molar-refractivity contribution in [2.75, 3.05) is 0 Å². The van der Waals surface area contributed by atoms with E-state index in [-0.39, 0.29) is 5.56 Å². The molecule has 0 bridgehead atoms. The molecule has 2 aromatic rings. The summed E-state index contributed by atoms with van der Waals surface area (Å²) < 4.78 is 1.77. The van der Waals surface area contributed by atoms with Gasteiger partial charge >= 0.3 is 0 Å². The number of pyridine rings is 1. The lowest BCUT2D eigenvalue weighted by Crippen LogP contribution is -2.23.